The van der Waals surface area contributed by atoms with Crippen LogP contribution >= 0.6 is 28.3 Å². The van der Waals surface area contributed by atoms with Crippen molar-refractivity contribution in [1.82, 2.24) is 15.1 Å². The fourth-order valence-electron chi connectivity index (χ4n) is 2.83. The molecule has 0 saturated heterocycles. The molecule has 2 N–H and O–H groups in total. The van der Waals surface area contributed by atoms with Crippen LogP contribution in [0.25, 0.3) is 22.4 Å². The molecule has 0 spiro atoms. The second kappa shape index (κ2) is 5.85. The number of aromatic nitrogens is 3. The summed E-state index contributed by atoms with van der Waals surface area (Å²) >= 11 is 3.48. The molecule has 0 amide bonds. The Kier molecular flexibility index (Phi) is 4.16. The molecule has 0 atom stereocenters. The highest BCUT2D eigenvalue weighted by atomic mass is 79.9. The quantitative estimate of drug-likeness (QED) is 0.706. The minimum absolute atomic E-state index is 0. The molecule has 5 nitrogen and oxygen atoms in total. The second-order valence-electron chi connectivity index (χ2n) is 5.91. The highest BCUT2D eigenvalue weighted by Crippen LogP contribution is 2.38. The van der Waals surface area contributed by atoms with E-state index in [0.717, 1.165) is 45.9 Å². The maximum atomic E-state index is 6.27. The fraction of sp³-hybridized carbons (Fsp3) is 0.312. The van der Waals surface area contributed by atoms with Crippen LogP contribution in [0.1, 0.15) is 30.8 Å². The van der Waals surface area contributed by atoms with Crippen molar-refractivity contribution >= 4 is 39.2 Å². The van der Waals surface area contributed by atoms with Crippen molar-refractivity contribution in [3.05, 3.63) is 40.3 Å². The molecule has 1 fully saturated rings. The van der Waals surface area contributed by atoms with Gasteiger partial charge in [0.1, 0.15) is 0 Å². The van der Waals surface area contributed by atoms with E-state index < -0.39 is 5.54 Å². The summed E-state index contributed by atoms with van der Waals surface area (Å²) in [4.78, 5) is 9.11. The molecule has 2 heterocycles. The first-order valence-electron chi connectivity index (χ1n) is 7.25. The van der Waals surface area contributed by atoms with Gasteiger partial charge in [0.05, 0.1) is 16.6 Å². The van der Waals surface area contributed by atoms with Gasteiger partial charge in [0, 0.05) is 15.6 Å². The Bertz CT molecular complexity index is 870. The van der Waals surface area contributed by atoms with Gasteiger partial charge in [-0.3, -0.25) is 4.98 Å². The smallest absolute Gasteiger partial charge is 0.258 e. The number of nitrogens with two attached hydrogens (primary N) is 1. The Morgan fingerprint density at radius 1 is 1.22 bits per heavy atom. The average Bonchev–Trinajstić information content (AvgIpc) is 2.93. The van der Waals surface area contributed by atoms with E-state index in [1.54, 1.807) is 0 Å². The first kappa shape index (κ1) is 16.4. The molecule has 1 aliphatic rings. The number of fused-ring (bicyclic) bond motifs is 1. The SMILES string of the molecule is Cc1cc(-c2nc(C3(N)CCC3)no2)c2ccc(Br)cc2n1.Cl. The Balaban J connectivity index is 0.00000156. The molecule has 0 radical (unpaired) electrons. The summed E-state index contributed by atoms with van der Waals surface area (Å²) in [5.74, 6) is 1.11. The van der Waals surface area contributed by atoms with E-state index >= 15 is 0 Å². The second-order valence-corrected chi connectivity index (χ2v) is 6.82. The lowest BCUT2D eigenvalue weighted by atomic mass is 9.77. The molecule has 0 aliphatic heterocycles. The third-order valence-electron chi connectivity index (χ3n) is 4.25. The molecule has 1 aromatic carbocycles. The van der Waals surface area contributed by atoms with E-state index in [1.165, 1.54) is 0 Å². The highest BCUT2D eigenvalue weighted by Gasteiger charge is 2.39. The molecule has 3 aromatic rings. The standard InChI is InChI=1S/C16H15BrN4O.ClH/c1-9-7-12(11-4-3-10(17)8-13(11)19-9)14-20-15(21-22-14)16(18)5-2-6-16;/h3-4,7-8H,2,5-6,18H2,1H3;1H. The number of nitrogens with zero attached hydrogens (tertiary/aromatic N) is 3. The van der Waals surface area contributed by atoms with Gasteiger partial charge < -0.3 is 10.3 Å². The van der Waals surface area contributed by atoms with Gasteiger partial charge in [-0.2, -0.15) is 4.98 Å². The number of hydrogen-bond donors (Lipinski definition) is 1. The van der Waals surface area contributed by atoms with Crippen molar-refractivity contribution in [1.29, 1.82) is 0 Å². The van der Waals surface area contributed by atoms with Gasteiger partial charge in [0.25, 0.3) is 5.89 Å². The van der Waals surface area contributed by atoms with Crippen molar-refractivity contribution in [3.8, 4) is 11.5 Å². The van der Waals surface area contributed by atoms with Crippen LogP contribution in [0.2, 0.25) is 0 Å². The lowest BCUT2D eigenvalue weighted by molar-refractivity contribution is 0.229. The third kappa shape index (κ3) is 2.75. The summed E-state index contributed by atoms with van der Waals surface area (Å²) in [6, 6.07) is 7.94. The zero-order chi connectivity index (χ0) is 15.3. The molecular weight excluding hydrogens is 380 g/mol. The predicted molar refractivity (Wildman–Crippen MR) is 94.4 cm³/mol. The summed E-state index contributed by atoms with van der Waals surface area (Å²) in [7, 11) is 0. The van der Waals surface area contributed by atoms with Crippen molar-refractivity contribution in [3.63, 3.8) is 0 Å². The molecule has 4 rings (SSSR count). The van der Waals surface area contributed by atoms with E-state index in [2.05, 4.69) is 31.1 Å². The molecule has 1 saturated carbocycles. The van der Waals surface area contributed by atoms with Gasteiger partial charge >= 0.3 is 0 Å². The van der Waals surface area contributed by atoms with Crippen molar-refractivity contribution in [2.24, 2.45) is 5.73 Å². The van der Waals surface area contributed by atoms with Gasteiger partial charge in [-0.25, -0.2) is 0 Å². The van der Waals surface area contributed by atoms with Crippen LogP contribution in [0, 0.1) is 6.92 Å². The Labute approximate surface area is 148 Å². The van der Waals surface area contributed by atoms with Gasteiger partial charge in [-0.05, 0) is 44.4 Å². The van der Waals surface area contributed by atoms with E-state index in [1.807, 2.05) is 31.2 Å². The normalized spacial score (nSPS) is 16.0. The summed E-state index contributed by atoms with van der Waals surface area (Å²) < 4.78 is 6.48. The summed E-state index contributed by atoms with van der Waals surface area (Å²) in [6.07, 6.45) is 2.94. The number of pyridine rings is 1. The van der Waals surface area contributed by atoms with E-state index in [0.29, 0.717) is 11.7 Å². The fourth-order valence-corrected chi connectivity index (χ4v) is 3.18. The lowest BCUT2D eigenvalue weighted by Crippen LogP contribution is -2.44. The van der Waals surface area contributed by atoms with E-state index in [-0.39, 0.29) is 12.4 Å². The van der Waals surface area contributed by atoms with Crippen LogP contribution in [0.5, 0.6) is 0 Å². The van der Waals surface area contributed by atoms with Crippen molar-refractivity contribution < 1.29 is 4.52 Å². The van der Waals surface area contributed by atoms with Gasteiger partial charge in [0.2, 0.25) is 0 Å². The molecule has 0 unspecified atom stereocenters. The number of rotatable bonds is 2. The molecule has 1 aliphatic carbocycles. The molecule has 0 bridgehead atoms. The van der Waals surface area contributed by atoms with Crippen LogP contribution in [0.4, 0.5) is 0 Å². The van der Waals surface area contributed by atoms with Crippen LogP contribution in [-0.2, 0) is 5.54 Å². The number of aryl methyl sites for hydroxylation is 1. The summed E-state index contributed by atoms with van der Waals surface area (Å²) in [6.45, 7) is 1.96. The maximum absolute atomic E-state index is 6.27. The molecule has 120 valence electrons. The highest BCUT2D eigenvalue weighted by molar-refractivity contribution is 9.10. The zero-order valence-corrected chi connectivity index (χ0v) is 14.9. The monoisotopic (exact) mass is 394 g/mol. The summed E-state index contributed by atoms with van der Waals surface area (Å²) in [5, 5.41) is 5.09. The van der Waals surface area contributed by atoms with Gasteiger partial charge in [0.15, 0.2) is 5.82 Å². The predicted octanol–water partition coefficient (Wildman–Crippen LogP) is 4.12. The topological polar surface area (TPSA) is 77.8 Å². The van der Waals surface area contributed by atoms with Crippen molar-refractivity contribution in [2.75, 3.05) is 0 Å². The maximum Gasteiger partial charge on any atom is 0.258 e. The average molecular weight is 396 g/mol. The summed E-state index contributed by atoms with van der Waals surface area (Å²) in [5.41, 5.74) is 8.57. The molecule has 7 heteroatoms. The molecule has 2 aromatic heterocycles. The van der Waals surface area contributed by atoms with Crippen LogP contribution in [0.15, 0.2) is 33.3 Å². The molecular formula is C16H16BrClN4O. The Hall–Kier alpha value is -1.50. The van der Waals surface area contributed by atoms with Gasteiger partial charge in [-0.15, -0.1) is 12.4 Å². The molecule has 23 heavy (non-hydrogen) atoms. The van der Waals surface area contributed by atoms with E-state index in [4.69, 9.17) is 10.3 Å². The van der Waals surface area contributed by atoms with Crippen LogP contribution in [0.3, 0.4) is 0 Å². The minimum Gasteiger partial charge on any atom is -0.334 e. The first-order valence-corrected chi connectivity index (χ1v) is 8.05. The van der Waals surface area contributed by atoms with E-state index in [9.17, 15) is 0 Å². The number of benzene rings is 1. The number of hydrogen-bond acceptors (Lipinski definition) is 5. The largest absolute Gasteiger partial charge is 0.334 e. The zero-order valence-electron chi connectivity index (χ0n) is 12.5. The third-order valence-corrected chi connectivity index (χ3v) is 4.74. The van der Waals surface area contributed by atoms with Crippen LogP contribution < -0.4 is 5.73 Å². The lowest BCUT2D eigenvalue weighted by Gasteiger charge is -2.34. The first-order chi connectivity index (χ1) is 10.5. The Morgan fingerprint density at radius 3 is 2.70 bits per heavy atom. The number of halogens is 2. The Morgan fingerprint density at radius 2 is 2.00 bits per heavy atom. The van der Waals surface area contributed by atoms with Gasteiger partial charge in [-0.1, -0.05) is 27.2 Å². The van der Waals surface area contributed by atoms with Crippen molar-refractivity contribution in [2.45, 2.75) is 31.7 Å². The van der Waals surface area contributed by atoms with Crippen LogP contribution in [-0.4, -0.2) is 15.1 Å². The minimum atomic E-state index is -0.414.